The maximum absolute atomic E-state index is 13.2. The van der Waals surface area contributed by atoms with Gasteiger partial charge in [0.1, 0.15) is 0 Å². The zero-order chi connectivity index (χ0) is 18.6. The zero-order valence-electron chi connectivity index (χ0n) is 17.3. The van der Waals surface area contributed by atoms with Gasteiger partial charge in [-0.3, -0.25) is 4.79 Å². The quantitative estimate of drug-likeness (QED) is 0.670. The van der Waals surface area contributed by atoms with Crippen LogP contribution < -0.4 is 0 Å². The van der Waals surface area contributed by atoms with Crippen LogP contribution in [0.4, 0.5) is 0 Å². The molecule has 5 aliphatic rings. The Morgan fingerprint density at radius 2 is 1.85 bits per heavy atom. The first-order chi connectivity index (χ1) is 13.1. The summed E-state index contributed by atoms with van der Waals surface area (Å²) in [6.07, 6.45) is 13.9. The van der Waals surface area contributed by atoms with Gasteiger partial charge in [-0.15, -0.1) is 0 Å². The lowest BCUT2D eigenvalue weighted by atomic mass is 9.47. The Labute approximate surface area is 164 Å². The van der Waals surface area contributed by atoms with Crippen LogP contribution in [-0.2, 0) is 9.53 Å². The molecule has 0 aromatic carbocycles. The van der Waals surface area contributed by atoms with E-state index in [0.717, 1.165) is 42.3 Å². The summed E-state index contributed by atoms with van der Waals surface area (Å²) in [5.74, 6) is 4.85. The molecular weight excluding hydrogens is 334 g/mol. The minimum absolute atomic E-state index is 0.314. The van der Waals surface area contributed by atoms with Crippen LogP contribution in [0.1, 0.15) is 65.2 Å². The fourth-order valence-electron chi connectivity index (χ4n) is 8.00. The fourth-order valence-corrected chi connectivity index (χ4v) is 8.00. The summed E-state index contributed by atoms with van der Waals surface area (Å²) in [6.45, 7) is 7.91. The third-order valence-corrected chi connectivity index (χ3v) is 9.51. The molecule has 0 unspecified atom stereocenters. The van der Waals surface area contributed by atoms with Gasteiger partial charge in [0.15, 0.2) is 0 Å². The summed E-state index contributed by atoms with van der Waals surface area (Å²) in [5.41, 5.74) is 1.73. The number of amides is 1. The third-order valence-electron chi connectivity index (χ3n) is 9.51. The Bertz CT molecular complexity index is 622. The van der Waals surface area contributed by atoms with Crippen LogP contribution in [0.3, 0.4) is 0 Å². The molecule has 3 saturated carbocycles. The Hall–Kier alpha value is -0.830. The first-order valence-corrected chi connectivity index (χ1v) is 11.7. The summed E-state index contributed by atoms with van der Waals surface area (Å²) < 4.78 is 5.45. The van der Waals surface area contributed by atoms with Crippen molar-refractivity contribution in [1.82, 2.24) is 4.90 Å². The van der Waals surface area contributed by atoms with Crippen molar-refractivity contribution in [2.24, 2.45) is 40.9 Å². The molecular formula is C24H37NO2. The number of rotatable bonds is 1. The monoisotopic (exact) mass is 371 g/mol. The van der Waals surface area contributed by atoms with Crippen LogP contribution in [0.25, 0.3) is 0 Å². The average molecular weight is 372 g/mol. The van der Waals surface area contributed by atoms with E-state index in [1.165, 1.54) is 51.4 Å². The Morgan fingerprint density at radius 1 is 1.07 bits per heavy atom. The molecule has 0 bridgehead atoms. The van der Waals surface area contributed by atoms with Crippen molar-refractivity contribution in [2.75, 3.05) is 26.3 Å². The highest BCUT2D eigenvalue weighted by atomic mass is 16.5. The molecule has 27 heavy (non-hydrogen) atoms. The van der Waals surface area contributed by atoms with Gasteiger partial charge in [0, 0.05) is 18.7 Å². The second-order valence-corrected chi connectivity index (χ2v) is 10.4. The average Bonchev–Trinajstić information content (AvgIpc) is 3.04. The minimum Gasteiger partial charge on any atom is -0.378 e. The van der Waals surface area contributed by atoms with E-state index in [1.54, 1.807) is 0 Å². The molecule has 5 rings (SSSR count). The van der Waals surface area contributed by atoms with Gasteiger partial charge in [-0.05, 0) is 79.4 Å². The molecule has 7 atom stereocenters. The lowest BCUT2D eigenvalue weighted by Gasteiger charge is -2.58. The van der Waals surface area contributed by atoms with Crippen molar-refractivity contribution < 1.29 is 9.53 Å². The van der Waals surface area contributed by atoms with Crippen LogP contribution >= 0.6 is 0 Å². The topological polar surface area (TPSA) is 29.5 Å². The zero-order valence-corrected chi connectivity index (χ0v) is 17.3. The molecule has 0 aromatic rings. The largest absolute Gasteiger partial charge is 0.378 e. The first-order valence-electron chi connectivity index (χ1n) is 11.7. The molecule has 1 aliphatic heterocycles. The molecule has 3 nitrogen and oxygen atoms in total. The van der Waals surface area contributed by atoms with Gasteiger partial charge in [-0.2, -0.15) is 0 Å². The Kier molecular flexibility index (Phi) is 4.65. The predicted molar refractivity (Wildman–Crippen MR) is 107 cm³/mol. The predicted octanol–water partition coefficient (Wildman–Crippen LogP) is 4.67. The van der Waals surface area contributed by atoms with Gasteiger partial charge in [-0.25, -0.2) is 0 Å². The van der Waals surface area contributed by atoms with Crippen LogP contribution in [0.5, 0.6) is 0 Å². The summed E-state index contributed by atoms with van der Waals surface area (Å²) in [4.78, 5) is 15.2. The highest BCUT2D eigenvalue weighted by molar-refractivity contribution is 5.94. The molecule has 1 heterocycles. The summed E-state index contributed by atoms with van der Waals surface area (Å²) in [7, 11) is 0. The van der Waals surface area contributed by atoms with Crippen molar-refractivity contribution in [3.63, 3.8) is 0 Å². The van der Waals surface area contributed by atoms with Gasteiger partial charge < -0.3 is 9.64 Å². The van der Waals surface area contributed by atoms with Gasteiger partial charge in [0.05, 0.1) is 13.2 Å². The molecule has 1 amide bonds. The molecule has 4 fully saturated rings. The maximum atomic E-state index is 13.2. The number of allylic oxidation sites excluding steroid dienone is 1. The molecule has 0 N–H and O–H groups in total. The first kappa shape index (κ1) is 18.2. The number of ether oxygens (including phenoxy) is 1. The van der Waals surface area contributed by atoms with Gasteiger partial charge in [0.25, 0.3) is 0 Å². The number of hydrogen-bond donors (Lipinski definition) is 0. The molecule has 150 valence electrons. The number of fused-ring (bicyclic) bond motifs is 5. The standard InChI is InChI=1S/C24H37NO2/c1-16-18-8-9-22-19(7-6-17-5-3-4-10-24(17,22)2)21(18)15-20(16)23(26)25-11-13-27-14-12-25/h15-19,21-22H,3-14H2,1-2H3/t16-,17+,18-,19-,21+,22-,24-/m0/s1. The number of nitrogens with zero attached hydrogens (tertiary/aromatic N) is 1. The smallest absolute Gasteiger partial charge is 0.249 e. The van der Waals surface area contributed by atoms with E-state index in [2.05, 4.69) is 19.9 Å². The molecule has 3 heteroatoms. The Balaban J connectivity index is 1.39. The molecule has 0 radical (unpaired) electrons. The summed E-state index contributed by atoms with van der Waals surface area (Å²) in [6, 6.07) is 0. The minimum atomic E-state index is 0.314. The molecule has 0 aromatic heterocycles. The van der Waals surface area contributed by atoms with E-state index < -0.39 is 0 Å². The fraction of sp³-hybridized carbons (Fsp3) is 0.875. The van der Waals surface area contributed by atoms with Gasteiger partial charge in [-0.1, -0.05) is 32.8 Å². The molecule has 4 aliphatic carbocycles. The lowest BCUT2D eigenvalue weighted by molar-refractivity contribution is -0.131. The molecule has 0 spiro atoms. The van der Waals surface area contributed by atoms with Gasteiger partial charge in [0.2, 0.25) is 5.91 Å². The van der Waals surface area contributed by atoms with Crippen molar-refractivity contribution in [2.45, 2.75) is 65.2 Å². The lowest BCUT2D eigenvalue weighted by Crippen LogP contribution is -2.50. The second-order valence-electron chi connectivity index (χ2n) is 10.4. The SMILES string of the molecule is C[C@@H]1C(C(=O)N2CCOCC2)=C[C@@H]2[C@H]1CC[C@H]1[C@H]2CC[C@H]2CCCC[C@@]21C. The second kappa shape index (κ2) is 6.90. The van der Waals surface area contributed by atoms with Crippen molar-refractivity contribution >= 4 is 5.91 Å². The van der Waals surface area contributed by atoms with E-state index in [1.807, 2.05) is 4.90 Å². The number of carbonyl (C=O) groups excluding carboxylic acids is 1. The highest BCUT2D eigenvalue weighted by Crippen LogP contribution is 2.63. The number of carbonyl (C=O) groups is 1. The highest BCUT2D eigenvalue weighted by Gasteiger charge is 2.55. The van der Waals surface area contributed by atoms with Crippen LogP contribution in [-0.4, -0.2) is 37.1 Å². The molecule has 1 saturated heterocycles. The van der Waals surface area contributed by atoms with Crippen molar-refractivity contribution in [3.8, 4) is 0 Å². The van der Waals surface area contributed by atoms with E-state index in [-0.39, 0.29) is 0 Å². The summed E-state index contributed by atoms with van der Waals surface area (Å²) >= 11 is 0. The van der Waals surface area contributed by atoms with E-state index >= 15 is 0 Å². The Morgan fingerprint density at radius 3 is 2.67 bits per heavy atom. The van der Waals surface area contributed by atoms with Crippen molar-refractivity contribution in [1.29, 1.82) is 0 Å². The number of hydrogen-bond acceptors (Lipinski definition) is 2. The van der Waals surface area contributed by atoms with E-state index in [0.29, 0.717) is 36.4 Å². The number of morpholine rings is 1. The maximum Gasteiger partial charge on any atom is 0.249 e. The van der Waals surface area contributed by atoms with Gasteiger partial charge >= 0.3 is 0 Å². The van der Waals surface area contributed by atoms with Crippen LogP contribution in [0, 0.1) is 40.9 Å². The van der Waals surface area contributed by atoms with E-state index in [4.69, 9.17) is 4.74 Å². The van der Waals surface area contributed by atoms with Crippen LogP contribution in [0.15, 0.2) is 11.6 Å². The summed E-state index contributed by atoms with van der Waals surface area (Å²) in [5, 5.41) is 0. The third kappa shape index (κ3) is 2.82. The normalized spacial score (nSPS) is 46.9. The van der Waals surface area contributed by atoms with E-state index in [9.17, 15) is 4.79 Å². The van der Waals surface area contributed by atoms with Crippen LogP contribution in [0.2, 0.25) is 0 Å². The van der Waals surface area contributed by atoms with Crippen molar-refractivity contribution in [3.05, 3.63) is 11.6 Å².